The highest BCUT2D eigenvalue weighted by atomic mass is 19.1. The highest BCUT2D eigenvalue weighted by Gasteiger charge is 2.26. The van der Waals surface area contributed by atoms with Crippen LogP contribution in [0.25, 0.3) is 0 Å². The van der Waals surface area contributed by atoms with Crippen LogP contribution in [0.1, 0.15) is 43.2 Å². The zero-order valence-corrected chi connectivity index (χ0v) is 15.5. The van der Waals surface area contributed by atoms with E-state index in [2.05, 4.69) is 10.2 Å². The molecule has 1 aliphatic heterocycles. The molecular weight excluding hydrogens is 327 g/mol. The number of nitrogens with one attached hydrogen (secondary N) is 1. The number of amides is 1. The minimum Gasteiger partial charge on any atom is -0.369 e. The Hall–Kier alpha value is -2.36. The Morgan fingerprint density at radius 1 is 1.27 bits per heavy atom. The van der Waals surface area contributed by atoms with Gasteiger partial charge in [0.15, 0.2) is 0 Å². The number of piperidine rings is 1. The summed E-state index contributed by atoms with van der Waals surface area (Å²) in [6.45, 7) is 5.69. The van der Waals surface area contributed by atoms with Gasteiger partial charge in [-0.05, 0) is 55.5 Å². The van der Waals surface area contributed by atoms with E-state index in [9.17, 15) is 9.18 Å². The van der Waals surface area contributed by atoms with E-state index < -0.39 is 0 Å². The minimum absolute atomic E-state index is 0.0985. The van der Waals surface area contributed by atoms with Gasteiger partial charge in [-0.25, -0.2) is 4.39 Å². The molecule has 1 amide bonds. The van der Waals surface area contributed by atoms with Crippen molar-refractivity contribution >= 4 is 11.6 Å². The normalized spacial score (nSPS) is 18.4. The Morgan fingerprint density at radius 2 is 2.04 bits per heavy atom. The second-order valence-corrected chi connectivity index (χ2v) is 7.10. The fraction of sp³-hybridized carbons (Fsp3) is 0.409. The number of anilines is 1. The first-order valence-electron chi connectivity index (χ1n) is 9.45. The minimum atomic E-state index is -0.207. The second kappa shape index (κ2) is 8.35. The number of hydrogen-bond acceptors (Lipinski definition) is 2. The molecule has 4 heteroatoms. The van der Waals surface area contributed by atoms with Gasteiger partial charge in [-0.15, -0.1) is 0 Å². The van der Waals surface area contributed by atoms with Crippen LogP contribution in [0.5, 0.6) is 0 Å². The molecule has 0 spiro atoms. The van der Waals surface area contributed by atoms with Crippen LogP contribution in [0.4, 0.5) is 10.1 Å². The first kappa shape index (κ1) is 18.4. The average molecular weight is 354 g/mol. The van der Waals surface area contributed by atoms with Gasteiger partial charge >= 0.3 is 0 Å². The lowest BCUT2D eigenvalue weighted by Crippen LogP contribution is -2.49. The van der Waals surface area contributed by atoms with Gasteiger partial charge in [0.1, 0.15) is 5.82 Å². The molecule has 2 aromatic carbocycles. The maximum Gasteiger partial charge on any atom is 0.227 e. The van der Waals surface area contributed by atoms with Crippen LogP contribution in [0.3, 0.4) is 0 Å². The predicted octanol–water partition coefficient (Wildman–Crippen LogP) is 4.41. The van der Waals surface area contributed by atoms with Crippen molar-refractivity contribution in [2.75, 3.05) is 18.0 Å². The fourth-order valence-corrected chi connectivity index (χ4v) is 3.85. The summed E-state index contributed by atoms with van der Waals surface area (Å²) >= 11 is 0. The third-order valence-corrected chi connectivity index (χ3v) is 5.19. The second-order valence-electron chi connectivity index (χ2n) is 7.10. The molecular formula is C22H27FN2O. The van der Waals surface area contributed by atoms with Crippen LogP contribution in [-0.4, -0.2) is 25.0 Å². The average Bonchev–Trinajstić information content (AvgIpc) is 2.63. The van der Waals surface area contributed by atoms with Crippen LogP contribution in [0.15, 0.2) is 48.5 Å². The molecule has 1 heterocycles. The largest absolute Gasteiger partial charge is 0.369 e. The quantitative estimate of drug-likeness (QED) is 0.862. The zero-order valence-electron chi connectivity index (χ0n) is 15.5. The number of aryl methyl sites for hydroxylation is 1. The third kappa shape index (κ3) is 4.24. The Labute approximate surface area is 155 Å². The molecule has 0 aromatic heterocycles. The Bertz CT molecular complexity index is 747. The van der Waals surface area contributed by atoms with E-state index in [1.54, 1.807) is 6.07 Å². The van der Waals surface area contributed by atoms with Crippen molar-refractivity contribution in [3.05, 3.63) is 65.5 Å². The van der Waals surface area contributed by atoms with E-state index in [-0.39, 0.29) is 23.7 Å². The summed E-state index contributed by atoms with van der Waals surface area (Å²) in [5.41, 5.74) is 3.06. The van der Waals surface area contributed by atoms with Gasteiger partial charge in [0.05, 0.1) is 5.92 Å². The molecule has 3 nitrogen and oxygen atoms in total. The predicted molar refractivity (Wildman–Crippen MR) is 104 cm³/mol. The van der Waals surface area contributed by atoms with Crippen molar-refractivity contribution in [1.29, 1.82) is 0 Å². The van der Waals surface area contributed by atoms with Crippen LogP contribution < -0.4 is 10.2 Å². The molecule has 3 rings (SSSR count). The smallest absolute Gasteiger partial charge is 0.227 e. The number of nitrogens with zero attached hydrogens (tertiary/aromatic N) is 1. The van der Waals surface area contributed by atoms with Crippen molar-refractivity contribution in [1.82, 2.24) is 5.32 Å². The van der Waals surface area contributed by atoms with Crippen LogP contribution in [0.2, 0.25) is 0 Å². The highest BCUT2D eigenvalue weighted by molar-refractivity contribution is 5.84. The zero-order chi connectivity index (χ0) is 18.5. The Kier molecular flexibility index (Phi) is 5.92. The molecule has 0 bridgehead atoms. The lowest BCUT2D eigenvalue weighted by Gasteiger charge is -2.36. The Balaban J connectivity index is 1.67. The summed E-state index contributed by atoms with van der Waals surface area (Å²) < 4.78 is 13.4. The first-order chi connectivity index (χ1) is 12.6. The molecule has 0 aliphatic carbocycles. The van der Waals surface area contributed by atoms with Gasteiger partial charge in [-0.1, -0.05) is 37.3 Å². The summed E-state index contributed by atoms with van der Waals surface area (Å²) in [4.78, 5) is 15.1. The van der Waals surface area contributed by atoms with Crippen molar-refractivity contribution in [2.45, 2.75) is 45.1 Å². The number of halogens is 1. The van der Waals surface area contributed by atoms with Crippen molar-refractivity contribution in [2.24, 2.45) is 0 Å². The number of carbonyl (C=O) groups excluding carboxylic acids is 1. The summed E-state index contributed by atoms with van der Waals surface area (Å²) in [5.74, 6) is -0.220. The van der Waals surface area contributed by atoms with Gasteiger partial charge in [-0.3, -0.25) is 4.79 Å². The molecule has 0 radical (unpaired) electrons. The van der Waals surface area contributed by atoms with Crippen LogP contribution >= 0.6 is 0 Å². The Morgan fingerprint density at radius 3 is 2.73 bits per heavy atom. The van der Waals surface area contributed by atoms with Crippen molar-refractivity contribution < 1.29 is 9.18 Å². The fourth-order valence-electron chi connectivity index (χ4n) is 3.85. The SMILES string of the molecule is CCC(C(=O)NC1CCCN(c2ccc(F)cc2C)C1)c1ccccc1. The summed E-state index contributed by atoms with van der Waals surface area (Å²) in [7, 11) is 0. The highest BCUT2D eigenvalue weighted by Crippen LogP contribution is 2.25. The van der Waals surface area contributed by atoms with E-state index in [0.29, 0.717) is 0 Å². The van der Waals surface area contributed by atoms with Crippen LogP contribution in [0, 0.1) is 12.7 Å². The number of benzene rings is 2. The molecule has 2 unspecified atom stereocenters. The molecule has 138 valence electrons. The number of hydrogen-bond donors (Lipinski definition) is 1. The lowest BCUT2D eigenvalue weighted by atomic mass is 9.94. The monoisotopic (exact) mass is 354 g/mol. The van der Waals surface area contributed by atoms with Gasteiger partial charge in [0.2, 0.25) is 5.91 Å². The first-order valence-corrected chi connectivity index (χ1v) is 9.45. The van der Waals surface area contributed by atoms with Gasteiger partial charge < -0.3 is 10.2 Å². The molecule has 26 heavy (non-hydrogen) atoms. The molecule has 0 saturated carbocycles. The van der Waals surface area contributed by atoms with E-state index in [1.807, 2.05) is 50.2 Å². The molecule has 1 fully saturated rings. The molecule has 2 aromatic rings. The topological polar surface area (TPSA) is 32.3 Å². The molecule has 1 saturated heterocycles. The number of carbonyl (C=O) groups is 1. The number of rotatable bonds is 5. The van der Waals surface area contributed by atoms with Crippen molar-refractivity contribution in [3.63, 3.8) is 0 Å². The summed E-state index contributed by atoms with van der Waals surface area (Å²) in [6, 6.07) is 15.0. The molecule has 2 atom stereocenters. The van der Waals surface area contributed by atoms with Crippen LogP contribution in [-0.2, 0) is 4.79 Å². The standard InChI is InChI=1S/C22H27FN2O/c1-3-20(17-8-5-4-6-9-17)22(26)24-19-10-7-13-25(15-19)21-12-11-18(23)14-16(21)2/h4-6,8-9,11-12,14,19-20H,3,7,10,13,15H2,1-2H3,(H,24,26). The molecule has 1 aliphatic rings. The van der Waals surface area contributed by atoms with Crippen molar-refractivity contribution in [3.8, 4) is 0 Å². The van der Waals surface area contributed by atoms with Gasteiger partial charge in [-0.2, -0.15) is 0 Å². The lowest BCUT2D eigenvalue weighted by molar-refractivity contribution is -0.123. The summed E-state index contributed by atoms with van der Waals surface area (Å²) in [5, 5.41) is 3.24. The third-order valence-electron chi connectivity index (χ3n) is 5.19. The van der Waals surface area contributed by atoms with E-state index >= 15 is 0 Å². The van der Waals surface area contributed by atoms with E-state index in [0.717, 1.165) is 49.2 Å². The molecule has 1 N–H and O–H groups in total. The summed E-state index contributed by atoms with van der Waals surface area (Å²) in [6.07, 6.45) is 2.78. The maximum atomic E-state index is 13.4. The van der Waals surface area contributed by atoms with Gasteiger partial charge in [0, 0.05) is 24.8 Å². The van der Waals surface area contributed by atoms with Gasteiger partial charge in [0.25, 0.3) is 0 Å². The van der Waals surface area contributed by atoms with E-state index in [1.165, 1.54) is 6.07 Å². The van der Waals surface area contributed by atoms with E-state index in [4.69, 9.17) is 0 Å². The maximum absolute atomic E-state index is 13.4.